The van der Waals surface area contributed by atoms with E-state index in [0.29, 0.717) is 0 Å². The third-order valence-corrected chi connectivity index (χ3v) is 7.25. The molecular weight excluding hydrogens is 454 g/mol. The Labute approximate surface area is 212 Å². The zero-order chi connectivity index (χ0) is 24.8. The molecular formula is C29H33N3O2S. The molecule has 1 amide bonds. The van der Waals surface area contributed by atoms with Gasteiger partial charge in [0.15, 0.2) is 0 Å². The maximum Gasteiger partial charge on any atom is 0.255 e. The Bertz CT molecular complexity index is 1260. The number of benzene rings is 2. The van der Waals surface area contributed by atoms with Crippen LogP contribution in [0.4, 0.5) is 0 Å². The van der Waals surface area contributed by atoms with Gasteiger partial charge >= 0.3 is 0 Å². The van der Waals surface area contributed by atoms with E-state index in [-0.39, 0.29) is 5.91 Å². The minimum Gasteiger partial charge on any atom is -0.497 e. The molecule has 0 aliphatic carbocycles. The van der Waals surface area contributed by atoms with Crippen LogP contribution in [-0.2, 0) is 13.0 Å². The molecule has 4 aromatic rings. The fraction of sp³-hybridized carbons (Fsp3) is 0.310. The largest absolute Gasteiger partial charge is 0.497 e. The number of hydrogen-bond donors (Lipinski definition) is 0. The number of unbranched alkanes of at least 4 members (excludes halogenated alkanes) is 1. The van der Waals surface area contributed by atoms with Gasteiger partial charge in [0.05, 0.1) is 24.1 Å². The fourth-order valence-corrected chi connectivity index (χ4v) is 5.02. The maximum atomic E-state index is 13.3. The van der Waals surface area contributed by atoms with Gasteiger partial charge in [-0.1, -0.05) is 55.8 Å². The van der Waals surface area contributed by atoms with Crippen LogP contribution in [0.3, 0.4) is 0 Å². The molecule has 0 bridgehead atoms. The smallest absolute Gasteiger partial charge is 0.255 e. The average Bonchev–Trinajstić information content (AvgIpc) is 3.51. The number of hydrogen-bond acceptors (Lipinski definition) is 4. The first kappa shape index (κ1) is 24.7. The van der Waals surface area contributed by atoms with Gasteiger partial charge in [-0.05, 0) is 43.5 Å². The predicted octanol–water partition coefficient (Wildman–Crippen LogP) is 6.71. The summed E-state index contributed by atoms with van der Waals surface area (Å²) in [6.07, 6.45) is 2.91. The number of carbonyl (C=O) groups excluding carboxylic acids is 1. The Hall–Kier alpha value is -3.38. The van der Waals surface area contributed by atoms with Crippen LogP contribution < -0.4 is 4.74 Å². The number of thiazole rings is 1. The number of carbonyl (C=O) groups is 1. The van der Waals surface area contributed by atoms with Crippen molar-refractivity contribution < 1.29 is 9.53 Å². The molecule has 35 heavy (non-hydrogen) atoms. The summed E-state index contributed by atoms with van der Waals surface area (Å²) in [5.41, 5.74) is 5.95. The zero-order valence-corrected chi connectivity index (χ0v) is 21.8. The van der Waals surface area contributed by atoms with Gasteiger partial charge in [0.25, 0.3) is 5.91 Å². The Morgan fingerprint density at radius 3 is 2.54 bits per heavy atom. The number of rotatable bonds is 10. The van der Waals surface area contributed by atoms with Crippen LogP contribution >= 0.6 is 11.3 Å². The highest BCUT2D eigenvalue weighted by Crippen LogP contribution is 2.32. The van der Waals surface area contributed by atoms with Gasteiger partial charge in [-0.2, -0.15) is 0 Å². The lowest BCUT2D eigenvalue weighted by atomic mass is 10.1. The third-order valence-electron chi connectivity index (χ3n) is 6.36. The van der Waals surface area contributed by atoms with E-state index in [2.05, 4.69) is 41.1 Å². The summed E-state index contributed by atoms with van der Waals surface area (Å²) < 4.78 is 7.54. The molecule has 0 atom stereocenters. The molecule has 0 fully saturated rings. The SMILES string of the molecule is CCCCN(C)C(=O)c1cc(-c2csc(-c3ccccc3)n2)n(CCc2ccc(OC)cc2)c1C. The summed E-state index contributed by atoms with van der Waals surface area (Å²) in [4.78, 5) is 20.1. The number of ether oxygens (including phenoxy) is 1. The number of nitrogens with zero attached hydrogens (tertiary/aromatic N) is 3. The highest BCUT2D eigenvalue weighted by atomic mass is 32.1. The van der Waals surface area contributed by atoms with Crippen LogP contribution in [0.1, 0.15) is 41.4 Å². The van der Waals surface area contributed by atoms with Gasteiger partial charge in [0, 0.05) is 36.8 Å². The van der Waals surface area contributed by atoms with Crippen molar-refractivity contribution >= 4 is 17.2 Å². The van der Waals surface area contributed by atoms with E-state index < -0.39 is 0 Å². The van der Waals surface area contributed by atoms with Gasteiger partial charge in [0.1, 0.15) is 10.8 Å². The van der Waals surface area contributed by atoms with Gasteiger partial charge < -0.3 is 14.2 Å². The molecule has 4 rings (SSSR count). The Morgan fingerprint density at radius 1 is 1.11 bits per heavy atom. The molecule has 6 heteroatoms. The second-order valence-electron chi connectivity index (χ2n) is 8.76. The zero-order valence-electron chi connectivity index (χ0n) is 21.0. The van der Waals surface area contributed by atoms with Crippen molar-refractivity contribution in [3.8, 4) is 27.7 Å². The van der Waals surface area contributed by atoms with Crippen LogP contribution in [0.5, 0.6) is 5.75 Å². The first-order valence-electron chi connectivity index (χ1n) is 12.1. The summed E-state index contributed by atoms with van der Waals surface area (Å²) in [6, 6.07) is 20.4. The molecule has 5 nitrogen and oxygen atoms in total. The molecule has 0 saturated carbocycles. The van der Waals surface area contributed by atoms with E-state index >= 15 is 0 Å². The van der Waals surface area contributed by atoms with E-state index in [9.17, 15) is 4.79 Å². The second-order valence-corrected chi connectivity index (χ2v) is 9.62. The van der Waals surface area contributed by atoms with Crippen molar-refractivity contribution in [1.82, 2.24) is 14.5 Å². The highest BCUT2D eigenvalue weighted by Gasteiger charge is 2.22. The van der Waals surface area contributed by atoms with Crippen molar-refractivity contribution in [2.45, 2.75) is 39.7 Å². The minimum atomic E-state index is 0.0684. The molecule has 182 valence electrons. The summed E-state index contributed by atoms with van der Waals surface area (Å²) in [6.45, 7) is 5.71. The van der Waals surface area contributed by atoms with Crippen LogP contribution in [0, 0.1) is 6.92 Å². The number of methoxy groups -OCH3 is 1. The van der Waals surface area contributed by atoms with E-state index in [4.69, 9.17) is 9.72 Å². The Morgan fingerprint density at radius 2 is 1.86 bits per heavy atom. The minimum absolute atomic E-state index is 0.0684. The molecule has 0 radical (unpaired) electrons. The monoisotopic (exact) mass is 487 g/mol. The molecule has 0 aliphatic rings. The lowest BCUT2D eigenvalue weighted by Crippen LogP contribution is -2.28. The van der Waals surface area contributed by atoms with Crippen LogP contribution in [-0.4, -0.2) is 41.1 Å². The molecule has 0 unspecified atom stereocenters. The number of aryl methyl sites for hydroxylation is 1. The summed E-state index contributed by atoms with van der Waals surface area (Å²) >= 11 is 1.63. The van der Waals surface area contributed by atoms with Crippen LogP contribution in [0.2, 0.25) is 0 Å². The molecule has 2 aromatic carbocycles. The summed E-state index contributed by atoms with van der Waals surface area (Å²) in [5.74, 6) is 0.921. The maximum absolute atomic E-state index is 13.3. The highest BCUT2D eigenvalue weighted by molar-refractivity contribution is 7.13. The summed E-state index contributed by atoms with van der Waals surface area (Å²) in [5, 5.41) is 3.07. The van der Waals surface area contributed by atoms with E-state index in [1.807, 2.05) is 55.3 Å². The standard InChI is InChI=1S/C29H33N3O2S/c1-5-6-17-31(3)29(33)25-19-27(26-20-35-28(30-26)23-10-8-7-9-11-23)32(21(25)2)18-16-22-12-14-24(34-4)15-13-22/h7-15,19-20H,5-6,16-18H2,1-4H3. The van der Waals surface area contributed by atoms with Crippen LogP contribution in [0.15, 0.2) is 66.0 Å². The Balaban J connectivity index is 1.67. The van der Waals surface area contributed by atoms with Crippen molar-refractivity contribution in [2.75, 3.05) is 20.7 Å². The fourth-order valence-electron chi connectivity index (χ4n) is 4.20. The van der Waals surface area contributed by atoms with Gasteiger partial charge in [-0.25, -0.2) is 4.98 Å². The van der Waals surface area contributed by atoms with Crippen molar-refractivity contribution in [3.63, 3.8) is 0 Å². The summed E-state index contributed by atoms with van der Waals surface area (Å²) in [7, 11) is 3.57. The lowest BCUT2D eigenvalue weighted by molar-refractivity contribution is 0.0792. The second kappa shape index (κ2) is 11.4. The van der Waals surface area contributed by atoms with Crippen molar-refractivity contribution in [1.29, 1.82) is 0 Å². The van der Waals surface area contributed by atoms with Gasteiger partial charge in [0.2, 0.25) is 0 Å². The van der Waals surface area contributed by atoms with Gasteiger partial charge in [-0.3, -0.25) is 4.79 Å². The average molecular weight is 488 g/mol. The lowest BCUT2D eigenvalue weighted by Gasteiger charge is -2.17. The van der Waals surface area contributed by atoms with E-state index in [1.165, 1.54) is 5.56 Å². The molecule has 0 saturated heterocycles. The molecule has 0 spiro atoms. The Kier molecular flexibility index (Phi) is 8.03. The van der Waals surface area contributed by atoms with E-state index in [0.717, 1.165) is 71.3 Å². The van der Waals surface area contributed by atoms with E-state index in [1.54, 1.807) is 18.4 Å². The molecule has 0 N–H and O–H groups in total. The number of aromatic nitrogens is 2. The third kappa shape index (κ3) is 5.65. The first-order valence-corrected chi connectivity index (χ1v) is 13.0. The van der Waals surface area contributed by atoms with Crippen molar-refractivity contribution in [2.24, 2.45) is 0 Å². The first-order chi connectivity index (χ1) is 17.0. The van der Waals surface area contributed by atoms with Crippen molar-refractivity contribution in [3.05, 3.63) is 82.9 Å². The molecule has 0 aliphatic heterocycles. The number of amides is 1. The molecule has 2 heterocycles. The predicted molar refractivity (Wildman–Crippen MR) is 144 cm³/mol. The van der Waals surface area contributed by atoms with Crippen LogP contribution in [0.25, 0.3) is 22.0 Å². The van der Waals surface area contributed by atoms with Gasteiger partial charge in [-0.15, -0.1) is 11.3 Å². The molecule has 2 aromatic heterocycles. The normalized spacial score (nSPS) is 11.0. The topological polar surface area (TPSA) is 47.4 Å². The quantitative estimate of drug-likeness (QED) is 0.250.